The highest BCUT2D eigenvalue weighted by molar-refractivity contribution is 5.86. The molecule has 2 rings (SSSR count). The van der Waals surface area contributed by atoms with Crippen molar-refractivity contribution >= 4 is 12.1 Å². The molecule has 0 aromatic rings. The molecular formula is C18H29NO5. The Hall–Kier alpha value is -1.56. The van der Waals surface area contributed by atoms with Crippen LogP contribution in [0.3, 0.4) is 0 Å². The molecule has 1 aliphatic heterocycles. The Morgan fingerprint density at radius 2 is 1.88 bits per heavy atom. The summed E-state index contributed by atoms with van der Waals surface area (Å²) >= 11 is 0. The number of allylic oxidation sites excluding steroid dienone is 1. The van der Waals surface area contributed by atoms with Gasteiger partial charge in [0.2, 0.25) is 0 Å². The van der Waals surface area contributed by atoms with Gasteiger partial charge in [-0.25, -0.2) is 9.59 Å². The molecule has 0 unspecified atom stereocenters. The van der Waals surface area contributed by atoms with Crippen molar-refractivity contribution in [2.45, 2.75) is 70.6 Å². The van der Waals surface area contributed by atoms with Crippen molar-refractivity contribution in [3.05, 3.63) is 11.6 Å². The predicted molar refractivity (Wildman–Crippen MR) is 89.4 cm³/mol. The van der Waals surface area contributed by atoms with E-state index < -0.39 is 29.3 Å². The van der Waals surface area contributed by atoms with Crippen molar-refractivity contribution in [3.8, 4) is 0 Å². The summed E-state index contributed by atoms with van der Waals surface area (Å²) in [6.07, 6.45) is 5.73. The van der Waals surface area contributed by atoms with Crippen LogP contribution in [0.15, 0.2) is 11.6 Å². The van der Waals surface area contributed by atoms with E-state index in [-0.39, 0.29) is 6.54 Å². The summed E-state index contributed by atoms with van der Waals surface area (Å²) in [4.78, 5) is 26.1. The molecule has 6 heteroatoms. The summed E-state index contributed by atoms with van der Waals surface area (Å²) < 4.78 is 10.3. The normalized spacial score (nSPS) is 30.0. The number of likely N-dealkylation sites (tertiary alicyclic amines) is 1. The monoisotopic (exact) mass is 339 g/mol. The van der Waals surface area contributed by atoms with Crippen LogP contribution in [0.2, 0.25) is 0 Å². The molecule has 6 nitrogen and oxygen atoms in total. The fourth-order valence-electron chi connectivity index (χ4n) is 3.48. The van der Waals surface area contributed by atoms with Crippen molar-refractivity contribution in [2.24, 2.45) is 5.92 Å². The Labute approximate surface area is 143 Å². The summed E-state index contributed by atoms with van der Waals surface area (Å²) in [7, 11) is 1.29. The molecule has 0 aromatic carbocycles. The lowest BCUT2D eigenvalue weighted by Crippen LogP contribution is -2.44. The van der Waals surface area contributed by atoms with E-state index in [0.717, 1.165) is 25.7 Å². The molecular weight excluding hydrogens is 310 g/mol. The number of rotatable bonds is 2. The third-order valence-corrected chi connectivity index (χ3v) is 4.57. The average Bonchev–Trinajstić information content (AvgIpc) is 3.04. The zero-order chi connectivity index (χ0) is 18.1. The second kappa shape index (κ2) is 6.75. The van der Waals surface area contributed by atoms with Gasteiger partial charge in [-0.1, -0.05) is 18.9 Å². The van der Waals surface area contributed by atoms with E-state index in [1.807, 2.05) is 6.08 Å². The van der Waals surface area contributed by atoms with Crippen LogP contribution in [0.1, 0.15) is 53.4 Å². The molecule has 0 bridgehead atoms. The number of methoxy groups -OCH3 is 1. The van der Waals surface area contributed by atoms with E-state index in [9.17, 15) is 14.7 Å². The first-order valence-corrected chi connectivity index (χ1v) is 8.57. The quantitative estimate of drug-likeness (QED) is 0.618. The molecule has 0 spiro atoms. The Morgan fingerprint density at radius 1 is 1.29 bits per heavy atom. The van der Waals surface area contributed by atoms with E-state index in [4.69, 9.17) is 9.47 Å². The predicted octanol–water partition coefficient (Wildman–Crippen LogP) is 2.65. The standard InChI is InChI=1S/C18H29NO5/c1-17(2,3)24-16(21)19-11-18(4,22)13(14(19)15(20)23-5)10-12-8-6-7-9-12/h10,12,14,22H,6-9,11H2,1-5H3/b13-10+/t14-,18+/m0/s1. The number of carbonyl (C=O) groups is 2. The summed E-state index contributed by atoms with van der Waals surface area (Å²) in [6, 6.07) is -0.930. The van der Waals surface area contributed by atoms with Gasteiger partial charge in [0.25, 0.3) is 0 Å². The van der Waals surface area contributed by atoms with Crippen molar-refractivity contribution in [1.82, 2.24) is 4.90 Å². The SMILES string of the molecule is COC(=O)[C@@H]1/C(=C\C2CCCC2)[C@](C)(O)CN1C(=O)OC(C)(C)C. The van der Waals surface area contributed by atoms with Crippen LogP contribution in [0.4, 0.5) is 4.79 Å². The van der Waals surface area contributed by atoms with Crippen molar-refractivity contribution < 1.29 is 24.2 Å². The molecule has 1 heterocycles. The maximum absolute atomic E-state index is 12.5. The lowest BCUT2D eigenvalue weighted by Gasteiger charge is -2.27. The second-order valence-electron chi connectivity index (χ2n) is 7.97. The number of carbonyl (C=O) groups excluding carboxylic acids is 2. The molecule has 0 aromatic heterocycles. The Morgan fingerprint density at radius 3 is 2.38 bits per heavy atom. The van der Waals surface area contributed by atoms with Crippen molar-refractivity contribution in [3.63, 3.8) is 0 Å². The average molecular weight is 339 g/mol. The summed E-state index contributed by atoms with van der Waals surface area (Å²) in [6.45, 7) is 6.94. The molecule has 1 amide bonds. The fourth-order valence-corrected chi connectivity index (χ4v) is 3.48. The van der Waals surface area contributed by atoms with Crippen LogP contribution >= 0.6 is 0 Å². The summed E-state index contributed by atoms with van der Waals surface area (Å²) in [5.41, 5.74) is -1.40. The highest BCUT2D eigenvalue weighted by atomic mass is 16.6. The van der Waals surface area contributed by atoms with Gasteiger partial charge in [0, 0.05) is 0 Å². The molecule has 1 saturated carbocycles. The van der Waals surface area contributed by atoms with Gasteiger partial charge in [-0.05, 0) is 52.0 Å². The number of ether oxygens (including phenoxy) is 2. The van der Waals surface area contributed by atoms with Gasteiger partial charge in [0.15, 0.2) is 6.04 Å². The van der Waals surface area contributed by atoms with Crippen LogP contribution in [0.25, 0.3) is 0 Å². The summed E-state index contributed by atoms with van der Waals surface area (Å²) in [5.74, 6) is -0.222. The van der Waals surface area contributed by atoms with Gasteiger partial charge in [-0.2, -0.15) is 0 Å². The van der Waals surface area contributed by atoms with Crippen molar-refractivity contribution in [2.75, 3.05) is 13.7 Å². The van der Waals surface area contributed by atoms with Crippen LogP contribution in [-0.2, 0) is 14.3 Å². The first-order chi connectivity index (χ1) is 11.0. The first-order valence-electron chi connectivity index (χ1n) is 8.57. The zero-order valence-electron chi connectivity index (χ0n) is 15.3. The molecule has 2 atom stereocenters. The number of esters is 1. The maximum atomic E-state index is 12.5. The van der Waals surface area contributed by atoms with E-state index in [2.05, 4.69) is 0 Å². The Kier molecular flexibility index (Phi) is 5.28. The van der Waals surface area contributed by atoms with E-state index in [1.165, 1.54) is 12.0 Å². The smallest absolute Gasteiger partial charge is 0.411 e. The molecule has 1 saturated heterocycles. The lowest BCUT2D eigenvalue weighted by atomic mass is 9.90. The minimum Gasteiger partial charge on any atom is -0.467 e. The molecule has 24 heavy (non-hydrogen) atoms. The Bertz CT molecular complexity index is 526. The van der Waals surface area contributed by atoms with E-state index >= 15 is 0 Å². The number of β-amino-alcohol motifs (C(OH)–C–C–N with tert-alkyl or cyclic N) is 1. The van der Waals surface area contributed by atoms with Crippen LogP contribution < -0.4 is 0 Å². The van der Waals surface area contributed by atoms with E-state index in [1.54, 1.807) is 27.7 Å². The summed E-state index contributed by atoms with van der Waals surface area (Å²) in [5, 5.41) is 10.8. The molecule has 0 radical (unpaired) electrons. The first kappa shape index (κ1) is 18.8. The lowest BCUT2D eigenvalue weighted by molar-refractivity contribution is -0.144. The maximum Gasteiger partial charge on any atom is 0.411 e. The van der Waals surface area contributed by atoms with Gasteiger partial charge >= 0.3 is 12.1 Å². The number of hydrogen-bond acceptors (Lipinski definition) is 5. The number of hydrogen-bond donors (Lipinski definition) is 1. The highest BCUT2D eigenvalue weighted by Crippen LogP contribution is 2.38. The number of nitrogens with zero attached hydrogens (tertiary/aromatic N) is 1. The number of amides is 1. The third-order valence-electron chi connectivity index (χ3n) is 4.57. The van der Waals surface area contributed by atoms with Crippen molar-refractivity contribution in [1.29, 1.82) is 0 Å². The van der Waals surface area contributed by atoms with Gasteiger partial charge in [0.05, 0.1) is 13.7 Å². The highest BCUT2D eigenvalue weighted by Gasteiger charge is 2.51. The van der Waals surface area contributed by atoms with Gasteiger partial charge in [0.1, 0.15) is 11.2 Å². The van der Waals surface area contributed by atoms with Gasteiger partial charge in [-0.15, -0.1) is 0 Å². The molecule has 1 N–H and O–H groups in total. The minimum absolute atomic E-state index is 0.0141. The van der Waals surface area contributed by atoms with Gasteiger partial charge < -0.3 is 14.6 Å². The zero-order valence-corrected chi connectivity index (χ0v) is 15.3. The van der Waals surface area contributed by atoms with Crippen LogP contribution in [-0.4, -0.2) is 53.0 Å². The second-order valence-corrected chi connectivity index (χ2v) is 7.97. The van der Waals surface area contributed by atoms with E-state index in [0.29, 0.717) is 11.5 Å². The minimum atomic E-state index is -1.27. The van der Waals surface area contributed by atoms with Crippen LogP contribution in [0.5, 0.6) is 0 Å². The fraction of sp³-hybridized carbons (Fsp3) is 0.778. The Balaban J connectivity index is 2.34. The molecule has 2 fully saturated rings. The largest absolute Gasteiger partial charge is 0.467 e. The molecule has 1 aliphatic carbocycles. The third kappa shape index (κ3) is 4.09. The van der Waals surface area contributed by atoms with Gasteiger partial charge in [-0.3, -0.25) is 4.90 Å². The topological polar surface area (TPSA) is 76.1 Å². The number of aliphatic hydroxyl groups is 1. The molecule has 2 aliphatic rings. The molecule has 136 valence electrons. The van der Waals surface area contributed by atoms with Crippen LogP contribution in [0, 0.1) is 5.92 Å².